The Hall–Kier alpha value is -5.30. The average Bonchev–Trinajstić information content (AvgIpc) is 3.41. The van der Waals surface area contributed by atoms with E-state index >= 15 is 0 Å². The van der Waals surface area contributed by atoms with Crippen LogP contribution in [0.3, 0.4) is 0 Å². The standard InChI is InChI=1S/C32H30N8O/c1-40(2)16-6-10-28(34)21-12-14-22(15-13-21)31(41)37-24-7-5-8-25(17-24)38-32-36-19-23(18-33)30(39-32)27-20-35-29-11-4-3-9-26(27)29/h3-15,17,19-20,28,35H,16,34H2,1-2H3,(H,37,41)(H,36,38,39)/b10-6+. The van der Waals surface area contributed by atoms with E-state index in [2.05, 4.69) is 36.6 Å². The Labute approximate surface area is 238 Å². The van der Waals surface area contributed by atoms with E-state index in [0.717, 1.165) is 28.6 Å². The number of benzene rings is 3. The van der Waals surface area contributed by atoms with Gasteiger partial charge in [0.1, 0.15) is 6.07 Å². The molecule has 1 amide bonds. The highest BCUT2D eigenvalue weighted by Gasteiger charge is 2.14. The highest BCUT2D eigenvalue weighted by Crippen LogP contribution is 2.30. The van der Waals surface area contributed by atoms with Gasteiger partial charge in [0.05, 0.1) is 17.5 Å². The average molecular weight is 543 g/mol. The molecule has 3 aromatic carbocycles. The number of nitriles is 1. The molecule has 0 aliphatic heterocycles. The molecule has 0 spiro atoms. The summed E-state index contributed by atoms with van der Waals surface area (Å²) in [6, 6.07) is 24.3. The van der Waals surface area contributed by atoms with Crippen molar-refractivity contribution in [3.05, 3.63) is 114 Å². The zero-order valence-corrected chi connectivity index (χ0v) is 22.8. The molecule has 0 aliphatic carbocycles. The molecule has 0 saturated carbocycles. The number of nitrogens with two attached hydrogens (primary N) is 1. The highest BCUT2D eigenvalue weighted by atomic mass is 16.1. The van der Waals surface area contributed by atoms with Crippen LogP contribution in [0.5, 0.6) is 0 Å². The number of carbonyl (C=O) groups excluding carboxylic acids is 1. The molecule has 0 radical (unpaired) electrons. The Balaban J connectivity index is 1.29. The second-order valence-corrected chi connectivity index (χ2v) is 9.81. The predicted molar refractivity (Wildman–Crippen MR) is 163 cm³/mol. The van der Waals surface area contributed by atoms with Crippen molar-refractivity contribution in [1.82, 2.24) is 19.9 Å². The molecule has 0 bridgehead atoms. The van der Waals surface area contributed by atoms with Crippen molar-refractivity contribution < 1.29 is 4.79 Å². The van der Waals surface area contributed by atoms with E-state index in [-0.39, 0.29) is 11.9 Å². The lowest BCUT2D eigenvalue weighted by atomic mass is 10.0. The van der Waals surface area contributed by atoms with Gasteiger partial charge in [-0.25, -0.2) is 9.97 Å². The molecule has 0 aliphatic rings. The summed E-state index contributed by atoms with van der Waals surface area (Å²) < 4.78 is 0. The number of anilines is 3. The Morgan fingerprint density at radius 2 is 1.88 bits per heavy atom. The summed E-state index contributed by atoms with van der Waals surface area (Å²) >= 11 is 0. The van der Waals surface area contributed by atoms with Crippen LogP contribution in [-0.2, 0) is 0 Å². The summed E-state index contributed by atoms with van der Waals surface area (Å²) in [5.74, 6) is 0.0981. The van der Waals surface area contributed by atoms with Gasteiger partial charge < -0.3 is 26.3 Å². The lowest BCUT2D eigenvalue weighted by molar-refractivity contribution is 0.102. The number of carbonyl (C=O) groups is 1. The molecule has 204 valence electrons. The van der Waals surface area contributed by atoms with Gasteiger partial charge in [-0.3, -0.25) is 4.79 Å². The summed E-state index contributed by atoms with van der Waals surface area (Å²) in [6.07, 6.45) is 7.33. The lowest BCUT2D eigenvalue weighted by Crippen LogP contribution is -2.14. The summed E-state index contributed by atoms with van der Waals surface area (Å²) in [5.41, 5.74) is 11.7. The van der Waals surface area contributed by atoms with Gasteiger partial charge in [0.15, 0.2) is 0 Å². The van der Waals surface area contributed by atoms with E-state index in [9.17, 15) is 10.1 Å². The van der Waals surface area contributed by atoms with E-state index in [1.54, 1.807) is 24.3 Å². The number of fused-ring (bicyclic) bond motifs is 1. The largest absolute Gasteiger partial charge is 0.360 e. The van der Waals surface area contributed by atoms with E-state index in [4.69, 9.17) is 5.73 Å². The van der Waals surface area contributed by atoms with Crippen molar-refractivity contribution in [3.63, 3.8) is 0 Å². The molecular formula is C32H30N8O. The summed E-state index contributed by atoms with van der Waals surface area (Å²) in [5, 5.41) is 16.8. The van der Waals surface area contributed by atoms with Crippen LogP contribution in [0.1, 0.15) is 27.5 Å². The molecular weight excluding hydrogens is 512 g/mol. The maximum Gasteiger partial charge on any atom is 0.255 e. The zero-order valence-electron chi connectivity index (χ0n) is 22.8. The number of para-hydroxylation sites is 1. The third-order valence-electron chi connectivity index (χ3n) is 6.50. The van der Waals surface area contributed by atoms with Crippen LogP contribution in [-0.4, -0.2) is 46.4 Å². The molecule has 5 rings (SSSR count). The molecule has 9 heteroatoms. The number of hydrogen-bond donors (Lipinski definition) is 4. The molecule has 0 saturated heterocycles. The summed E-state index contributed by atoms with van der Waals surface area (Å²) in [4.78, 5) is 27.2. The fourth-order valence-electron chi connectivity index (χ4n) is 4.39. The Morgan fingerprint density at radius 1 is 1.10 bits per heavy atom. The van der Waals surface area contributed by atoms with Gasteiger partial charge in [0.25, 0.3) is 5.91 Å². The van der Waals surface area contributed by atoms with Crippen LogP contribution in [0.4, 0.5) is 17.3 Å². The minimum absolute atomic E-state index is 0.235. The van der Waals surface area contributed by atoms with Gasteiger partial charge in [-0.15, -0.1) is 0 Å². The van der Waals surface area contributed by atoms with Gasteiger partial charge >= 0.3 is 0 Å². The Kier molecular flexibility index (Phi) is 8.15. The van der Waals surface area contributed by atoms with Gasteiger partial charge in [-0.2, -0.15) is 5.26 Å². The Morgan fingerprint density at radius 3 is 2.66 bits per heavy atom. The number of amides is 1. The smallest absolute Gasteiger partial charge is 0.255 e. The van der Waals surface area contributed by atoms with E-state index < -0.39 is 0 Å². The van der Waals surface area contributed by atoms with Crippen LogP contribution in [0.25, 0.3) is 22.2 Å². The molecule has 5 N–H and O–H groups in total. The molecule has 9 nitrogen and oxygen atoms in total. The van der Waals surface area contributed by atoms with E-state index in [1.165, 1.54) is 6.20 Å². The van der Waals surface area contributed by atoms with Gasteiger partial charge in [0, 0.05) is 52.2 Å². The maximum atomic E-state index is 12.9. The van der Waals surface area contributed by atoms with Crippen molar-refractivity contribution in [2.24, 2.45) is 5.73 Å². The van der Waals surface area contributed by atoms with Crippen LogP contribution in [0.15, 0.2) is 97.3 Å². The third-order valence-corrected chi connectivity index (χ3v) is 6.50. The number of aromatic amines is 1. The van der Waals surface area contributed by atoms with Crippen LogP contribution in [0, 0.1) is 11.3 Å². The molecule has 41 heavy (non-hydrogen) atoms. The Bertz CT molecular complexity index is 1750. The topological polar surface area (TPSA) is 136 Å². The normalized spacial score (nSPS) is 12.0. The second kappa shape index (κ2) is 12.3. The number of hydrogen-bond acceptors (Lipinski definition) is 7. The fraction of sp³-hybridized carbons (Fsp3) is 0.125. The summed E-state index contributed by atoms with van der Waals surface area (Å²) in [6.45, 7) is 0.810. The van der Waals surface area contributed by atoms with Gasteiger partial charge in [-0.1, -0.05) is 48.6 Å². The number of likely N-dealkylation sites (N-methyl/N-ethyl adjacent to an activating group) is 1. The van der Waals surface area contributed by atoms with Crippen LogP contribution < -0.4 is 16.4 Å². The van der Waals surface area contributed by atoms with Gasteiger partial charge in [-0.05, 0) is 56.1 Å². The van der Waals surface area contributed by atoms with Crippen molar-refractivity contribution in [1.29, 1.82) is 5.26 Å². The maximum absolute atomic E-state index is 12.9. The quantitative estimate of drug-likeness (QED) is 0.178. The third kappa shape index (κ3) is 6.47. The van der Waals surface area contributed by atoms with Crippen LogP contribution in [0.2, 0.25) is 0 Å². The minimum atomic E-state index is -0.240. The molecule has 1 unspecified atom stereocenters. The minimum Gasteiger partial charge on any atom is -0.360 e. The molecule has 5 aromatic rings. The number of nitrogens with one attached hydrogen (secondary N) is 3. The molecule has 0 fully saturated rings. The first-order valence-electron chi connectivity index (χ1n) is 13.1. The van der Waals surface area contributed by atoms with Crippen molar-refractivity contribution >= 4 is 34.1 Å². The number of rotatable bonds is 9. The molecule has 2 heterocycles. The fourth-order valence-corrected chi connectivity index (χ4v) is 4.39. The first-order valence-corrected chi connectivity index (χ1v) is 13.1. The van der Waals surface area contributed by atoms with E-state index in [1.807, 2.05) is 81.0 Å². The number of aromatic nitrogens is 3. The van der Waals surface area contributed by atoms with Crippen molar-refractivity contribution in [2.75, 3.05) is 31.3 Å². The number of H-pyrrole nitrogens is 1. The molecule has 1 atom stereocenters. The molecule has 2 aromatic heterocycles. The summed E-state index contributed by atoms with van der Waals surface area (Å²) in [7, 11) is 4.00. The second-order valence-electron chi connectivity index (χ2n) is 9.81. The zero-order chi connectivity index (χ0) is 28.8. The first-order chi connectivity index (χ1) is 19.9. The van der Waals surface area contributed by atoms with Gasteiger partial charge in [0.2, 0.25) is 5.95 Å². The highest BCUT2D eigenvalue weighted by molar-refractivity contribution is 6.04. The van der Waals surface area contributed by atoms with Crippen molar-refractivity contribution in [2.45, 2.75) is 6.04 Å². The monoisotopic (exact) mass is 542 g/mol. The predicted octanol–water partition coefficient (Wildman–Crippen LogP) is 5.61. The van der Waals surface area contributed by atoms with E-state index in [0.29, 0.717) is 34.1 Å². The first kappa shape index (κ1) is 27.3. The van der Waals surface area contributed by atoms with Crippen LogP contribution >= 0.6 is 0 Å². The lowest BCUT2D eigenvalue weighted by Gasteiger charge is -2.11. The SMILES string of the molecule is CN(C)C/C=C/C(N)c1ccc(C(=O)Nc2cccc(Nc3ncc(C#N)c(-c4c[nH]c5ccccc45)n3)c2)cc1. The van der Waals surface area contributed by atoms with Crippen molar-refractivity contribution in [3.8, 4) is 17.3 Å². The number of nitrogens with zero attached hydrogens (tertiary/aromatic N) is 4.